The number of nitro groups is 1. The summed E-state index contributed by atoms with van der Waals surface area (Å²) in [4.78, 5) is 50.7. The van der Waals surface area contributed by atoms with Crippen LogP contribution in [0, 0.1) is 16.0 Å². The Kier molecular flexibility index (Phi) is 7.01. The number of carbonyl (C=O) groups is 3. The van der Waals surface area contributed by atoms with E-state index in [0.717, 1.165) is 11.8 Å². The highest BCUT2D eigenvalue weighted by Crippen LogP contribution is 2.41. The smallest absolute Gasteiger partial charge is 0.349 e. The molecule has 1 aliphatic carbocycles. The molecule has 0 bridgehead atoms. The fraction of sp³-hybridized carbons (Fsp3) is 0.0690. The minimum atomic E-state index is -0.793. The van der Waals surface area contributed by atoms with Crippen molar-refractivity contribution in [1.82, 2.24) is 0 Å². The van der Waals surface area contributed by atoms with E-state index in [1.807, 2.05) is 0 Å². The molecule has 1 heterocycles. The number of non-ortho nitro benzene ring substituents is 1. The number of nitrogens with zero attached hydrogens (tertiary/aromatic N) is 1. The van der Waals surface area contributed by atoms with Crippen molar-refractivity contribution in [2.24, 2.45) is 5.92 Å². The Morgan fingerprint density at radius 1 is 0.868 bits per heavy atom. The van der Waals surface area contributed by atoms with Crippen LogP contribution in [0.15, 0.2) is 119 Å². The van der Waals surface area contributed by atoms with Crippen LogP contribution in [0.3, 0.4) is 0 Å². The van der Waals surface area contributed by atoms with E-state index in [1.165, 1.54) is 30.3 Å². The van der Waals surface area contributed by atoms with Gasteiger partial charge in [0.1, 0.15) is 16.8 Å². The zero-order valence-corrected chi connectivity index (χ0v) is 20.5. The second-order valence-electron chi connectivity index (χ2n) is 8.34. The van der Waals surface area contributed by atoms with Crippen LogP contribution in [0.25, 0.3) is 0 Å². The van der Waals surface area contributed by atoms with E-state index in [4.69, 9.17) is 9.47 Å². The SMILES string of the molecule is O=C1OC2C=CC=CC2C(OC(=O)c2ccccc2C(=O)c2ccccc2)=C1Sc1ccc([N+](=O)[O-])cc1. The number of thioether (sulfide) groups is 1. The van der Waals surface area contributed by atoms with Crippen molar-refractivity contribution >= 4 is 35.2 Å². The van der Waals surface area contributed by atoms with E-state index < -0.39 is 28.9 Å². The molecule has 188 valence electrons. The maximum absolute atomic E-state index is 13.5. The number of rotatable bonds is 7. The number of esters is 2. The Morgan fingerprint density at radius 2 is 1.53 bits per heavy atom. The van der Waals surface area contributed by atoms with Gasteiger partial charge in [0.05, 0.1) is 16.4 Å². The third-order valence-corrected chi connectivity index (χ3v) is 7.02. The Balaban J connectivity index is 1.51. The highest BCUT2D eigenvalue weighted by atomic mass is 32.2. The van der Waals surface area contributed by atoms with E-state index in [9.17, 15) is 24.5 Å². The largest absolute Gasteiger partial charge is 0.453 e. The summed E-state index contributed by atoms with van der Waals surface area (Å²) in [6, 6.07) is 20.5. The van der Waals surface area contributed by atoms with Gasteiger partial charge in [0.25, 0.3) is 5.69 Å². The van der Waals surface area contributed by atoms with Crippen LogP contribution in [0.5, 0.6) is 0 Å². The molecule has 5 rings (SSSR count). The molecular formula is C29H19NO7S. The fourth-order valence-electron chi connectivity index (χ4n) is 4.08. The fourth-order valence-corrected chi connectivity index (χ4v) is 5.00. The number of ketones is 1. The summed E-state index contributed by atoms with van der Waals surface area (Å²) in [5.74, 6) is -2.31. The topological polar surface area (TPSA) is 113 Å². The normalized spacial score (nSPS) is 17.9. The van der Waals surface area contributed by atoms with Gasteiger partial charge >= 0.3 is 11.9 Å². The molecule has 0 saturated heterocycles. The first-order valence-corrected chi connectivity index (χ1v) is 12.4. The summed E-state index contributed by atoms with van der Waals surface area (Å²) >= 11 is 0.982. The van der Waals surface area contributed by atoms with E-state index in [0.29, 0.717) is 10.5 Å². The second kappa shape index (κ2) is 10.7. The number of benzene rings is 3. The first-order valence-electron chi connectivity index (χ1n) is 11.6. The predicted octanol–water partition coefficient (Wildman–Crippen LogP) is 5.65. The summed E-state index contributed by atoms with van der Waals surface area (Å²) < 4.78 is 11.4. The van der Waals surface area contributed by atoms with Crippen LogP contribution >= 0.6 is 11.8 Å². The van der Waals surface area contributed by atoms with Crippen molar-refractivity contribution in [2.45, 2.75) is 11.0 Å². The van der Waals surface area contributed by atoms with Gasteiger partial charge in [-0.3, -0.25) is 14.9 Å². The van der Waals surface area contributed by atoms with Gasteiger partial charge in [-0.15, -0.1) is 0 Å². The third kappa shape index (κ3) is 5.05. The Morgan fingerprint density at radius 3 is 2.24 bits per heavy atom. The molecule has 2 unspecified atom stereocenters. The quantitative estimate of drug-likeness (QED) is 0.168. The lowest BCUT2D eigenvalue weighted by molar-refractivity contribution is -0.384. The molecule has 3 aromatic carbocycles. The summed E-state index contributed by atoms with van der Waals surface area (Å²) in [6.07, 6.45) is 6.27. The Labute approximate surface area is 221 Å². The van der Waals surface area contributed by atoms with Gasteiger partial charge < -0.3 is 9.47 Å². The molecule has 0 saturated carbocycles. The molecule has 1 aliphatic heterocycles. The van der Waals surface area contributed by atoms with Gasteiger partial charge in [0, 0.05) is 28.2 Å². The molecule has 0 N–H and O–H groups in total. The molecule has 0 radical (unpaired) electrons. The van der Waals surface area contributed by atoms with Crippen LogP contribution < -0.4 is 0 Å². The number of hydrogen-bond donors (Lipinski definition) is 0. The number of fused-ring (bicyclic) bond motifs is 1. The number of carbonyl (C=O) groups excluding carboxylic acids is 3. The molecule has 0 fully saturated rings. The zero-order chi connectivity index (χ0) is 26.6. The Bertz CT molecular complexity index is 1520. The minimum absolute atomic E-state index is 0.0419. The molecule has 0 spiro atoms. The first-order chi connectivity index (χ1) is 18.4. The molecule has 0 amide bonds. The highest BCUT2D eigenvalue weighted by molar-refractivity contribution is 8.04. The second-order valence-corrected chi connectivity index (χ2v) is 9.43. The summed E-state index contributed by atoms with van der Waals surface area (Å²) in [5, 5.41) is 11.0. The summed E-state index contributed by atoms with van der Waals surface area (Å²) in [7, 11) is 0. The standard InChI is InChI=1S/C29H19NO7S/c31-25(18-8-2-1-3-9-18)21-10-4-5-11-22(21)28(32)37-26-23-12-6-7-13-24(23)36-29(33)27(26)38-20-16-14-19(15-17-20)30(34)35/h1-17,23-24H. The maximum atomic E-state index is 13.5. The Hall–Kier alpha value is -4.76. The van der Waals surface area contributed by atoms with Gasteiger partial charge in [-0.2, -0.15) is 0 Å². The third-order valence-electron chi connectivity index (χ3n) is 5.94. The molecule has 0 aromatic heterocycles. The lowest BCUT2D eigenvalue weighted by Crippen LogP contribution is -2.35. The monoisotopic (exact) mass is 525 g/mol. The van der Waals surface area contributed by atoms with Crippen molar-refractivity contribution in [3.8, 4) is 0 Å². The molecular weight excluding hydrogens is 506 g/mol. The van der Waals surface area contributed by atoms with E-state index in [1.54, 1.807) is 72.8 Å². The van der Waals surface area contributed by atoms with E-state index >= 15 is 0 Å². The predicted molar refractivity (Wildman–Crippen MR) is 139 cm³/mol. The van der Waals surface area contributed by atoms with Gasteiger partial charge in [-0.25, -0.2) is 9.59 Å². The number of nitro benzene ring substituents is 1. The van der Waals surface area contributed by atoms with Crippen LogP contribution in [-0.2, 0) is 14.3 Å². The van der Waals surface area contributed by atoms with Crippen molar-refractivity contribution in [3.63, 3.8) is 0 Å². The molecule has 2 aliphatic rings. The molecule has 9 heteroatoms. The van der Waals surface area contributed by atoms with Crippen molar-refractivity contribution in [1.29, 1.82) is 0 Å². The van der Waals surface area contributed by atoms with Crippen molar-refractivity contribution in [3.05, 3.63) is 141 Å². The maximum Gasteiger partial charge on any atom is 0.349 e. The number of hydrogen-bond acceptors (Lipinski definition) is 8. The molecule has 8 nitrogen and oxygen atoms in total. The molecule has 3 aromatic rings. The number of allylic oxidation sites excluding steroid dienone is 2. The number of ether oxygens (including phenoxy) is 2. The molecule has 38 heavy (non-hydrogen) atoms. The van der Waals surface area contributed by atoms with Crippen LogP contribution in [0.2, 0.25) is 0 Å². The lowest BCUT2D eigenvalue weighted by Gasteiger charge is -2.31. The van der Waals surface area contributed by atoms with Gasteiger partial charge in [0.2, 0.25) is 0 Å². The van der Waals surface area contributed by atoms with Crippen LogP contribution in [0.1, 0.15) is 26.3 Å². The highest BCUT2D eigenvalue weighted by Gasteiger charge is 2.39. The molecule has 2 atom stereocenters. The van der Waals surface area contributed by atoms with E-state index in [2.05, 4.69) is 0 Å². The van der Waals surface area contributed by atoms with Crippen molar-refractivity contribution < 1.29 is 28.8 Å². The van der Waals surface area contributed by atoms with Gasteiger partial charge in [0.15, 0.2) is 5.78 Å². The summed E-state index contributed by atoms with van der Waals surface area (Å²) in [5.41, 5.74) is 0.548. The van der Waals surface area contributed by atoms with E-state index in [-0.39, 0.29) is 33.3 Å². The first kappa shape index (κ1) is 24.9. The minimum Gasteiger partial charge on any atom is -0.453 e. The van der Waals surface area contributed by atoms with Crippen LogP contribution in [-0.4, -0.2) is 28.7 Å². The van der Waals surface area contributed by atoms with Crippen molar-refractivity contribution in [2.75, 3.05) is 0 Å². The van der Waals surface area contributed by atoms with Gasteiger partial charge in [-0.1, -0.05) is 78.5 Å². The summed E-state index contributed by atoms with van der Waals surface area (Å²) in [6.45, 7) is 0. The zero-order valence-electron chi connectivity index (χ0n) is 19.7. The van der Waals surface area contributed by atoms with Gasteiger partial charge in [-0.05, 0) is 24.3 Å². The average Bonchev–Trinajstić information content (AvgIpc) is 2.95. The van der Waals surface area contributed by atoms with Crippen LogP contribution in [0.4, 0.5) is 5.69 Å². The lowest BCUT2D eigenvalue weighted by atomic mass is 9.93. The average molecular weight is 526 g/mol.